The highest BCUT2D eigenvalue weighted by Gasteiger charge is 2.22. The van der Waals surface area contributed by atoms with Crippen LogP contribution >= 0.6 is 0 Å². The number of nitrogens with zero attached hydrogens (tertiary/aromatic N) is 4. The number of imidazole rings is 1. The van der Waals surface area contributed by atoms with E-state index in [1.165, 1.54) is 0 Å². The maximum Gasteiger partial charge on any atom is 0.150 e. The smallest absolute Gasteiger partial charge is 0.150 e. The second-order valence-corrected chi connectivity index (χ2v) is 11.2. The van der Waals surface area contributed by atoms with Gasteiger partial charge in [0.15, 0.2) is 6.17 Å². The van der Waals surface area contributed by atoms with E-state index in [2.05, 4.69) is 21.3 Å². The van der Waals surface area contributed by atoms with Crippen LogP contribution in [0, 0.1) is 0 Å². The number of aryl methyl sites for hydroxylation is 1. The Labute approximate surface area is 251 Å². The average molecular weight is 573 g/mol. The molecule has 0 N–H and O–H groups in total. The van der Waals surface area contributed by atoms with E-state index in [0.717, 1.165) is 72.0 Å². The van der Waals surface area contributed by atoms with Gasteiger partial charge in [-0.2, -0.15) is 0 Å². The van der Waals surface area contributed by atoms with Crippen molar-refractivity contribution in [1.82, 2.24) is 19.1 Å². The molecule has 0 amide bonds. The quantitative estimate of drug-likeness (QED) is 0.211. The number of pyridine rings is 1. The van der Waals surface area contributed by atoms with E-state index in [1.54, 1.807) is 6.20 Å². The molecule has 1 unspecified atom stereocenters. The molecule has 4 aromatic heterocycles. The Morgan fingerprint density at radius 3 is 2.39 bits per heavy atom. The molecule has 44 heavy (non-hydrogen) atoms. The number of hydrogen-bond donors (Lipinski definition) is 0. The number of furan rings is 1. The zero-order chi connectivity index (χ0) is 29.4. The number of para-hydroxylation sites is 3. The number of aromatic nitrogens is 4. The van der Waals surface area contributed by atoms with Crippen molar-refractivity contribution in [3.8, 4) is 17.2 Å². The third-order valence-electron chi connectivity index (χ3n) is 8.69. The lowest BCUT2D eigenvalue weighted by molar-refractivity contribution is 0.402. The fraction of sp³-hybridized carbons (Fsp3) is 0.0526. The van der Waals surface area contributed by atoms with Gasteiger partial charge in [-0.15, -0.1) is 0 Å². The molecule has 0 aliphatic heterocycles. The van der Waals surface area contributed by atoms with Gasteiger partial charge in [0.2, 0.25) is 0 Å². The van der Waals surface area contributed by atoms with Gasteiger partial charge in [-0.25, -0.2) is 14.4 Å². The van der Waals surface area contributed by atoms with Crippen LogP contribution in [0.5, 0.6) is 0 Å². The Hall–Kier alpha value is -5.75. The predicted molar refractivity (Wildman–Crippen MR) is 175 cm³/mol. The molecule has 0 spiro atoms. The van der Waals surface area contributed by atoms with Crippen molar-refractivity contribution in [2.75, 3.05) is 0 Å². The van der Waals surface area contributed by atoms with Crippen molar-refractivity contribution >= 4 is 54.8 Å². The molecule has 0 saturated heterocycles. The first kappa shape index (κ1) is 24.8. The third-order valence-corrected chi connectivity index (χ3v) is 8.69. The molecule has 1 atom stereocenters. The Morgan fingerprint density at radius 2 is 1.50 bits per heavy atom. The van der Waals surface area contributed by atoms with Crippen LogP contribution in [-0.2, 0) is 7.05 Å². The van der Waals surface area contributed by atoms with Gasteiger partial charge >= 0.3 is 0 Å². The topological polar surface area (TPSA) is 48.8 Å². The van der Waals surface area contributed by atoms with Crippen LogP contribution < -0.4 is 0 Å². The molecule has 4 heterocycles. The highest BCUT2D eigenvalue weighted by atomic mass is 19.1. The zero-order valence-electron chi connectivity index (χ0n) is 23.8. The van der Waals surface area contributed by atoms with E-state index < -0.39 is 6.17 Å². The summed E-state index contributed by atoms with van der Waals surface area (Å²) in [5.74, 6) is 1.58. The first-order valence-corrected chi connectivity index (χ1v) is 14.6. The normalized spacial score (nSPS) is 12.7. The van der Waals surface area contributed by atoms with Gasteiger partial charge in [-0.3, -0.25) is 4.57 Å². The van der Waals surface area contributed by atoms with Crippen molar-refractivity contribution < 1.29 is 8.81 Å². The van der Waals surface area contributed by atoms with Crippen molar-refractivity contribution in [1.29, 1.82) is 0 Å². The number of fused-ring (bicyclic) bond motifs is 8. The summed E-state index contributed by atoms with van der Waals surface area (Å²) in [5, 5.41) is 4.20. The molecule has 210 valence electrons. The molecule has 5 nitrogen and oxygen atoms in total. The van der Waals surface area contributed by atoms with Gasteiger partial charge in [0, 0.05) is 40.4 Å². The van der Waals surface area contributed by atoms with Gasteiger partial charge < -0.3 is 8.98 Å². The summed E-state index contributed by atoms with van der Waals surface area (Å²) >= 11 is 0. The van der Waals surface area contributed by atoms with Gasteiger partial charge in [0.05, 0.1) is 22.1 Å². The number of benzene rings is 5. The van der Waals surface area contributed by atoms with Gasteiger partial charge in [-0.1, -0.05) is 66.7 Å². The fourth-order valence-electron chi connectivity index (χ4n) is 6.66. The highest BCUT2D eigenvalue weighted by molar-refractivity contribution is 6.27. The summed E-state index contributed by atoms with van der Waals surface area (Å²) in [6.45, 7) is 0. The number of alkyl halides is 1. The molecule has 0 saturated carbocycles. The molecule has 5 aromatic carbocycles. The molecule has 0 aliphatic rings. The molecule has 0 aliphatic carbocycles. The molecule has 9 aromatic rings. The van der Waals surface area contributed by atoms with Crippen LogP contribution in [0.1, 0.15) is 17.3 Å². The van der Waals surface area contributed by atoms with Gasteiger partial charge in [-0.05, 0) is 65.7 Å². The Morgan fingerprint density at radius 1 is 0.659 bits per heavy atom. The van der Waals surface area contributed by atoms with E-state index in [4.69, 9.17) is 14.4 Å². The minimum Gasteiger partial charge on any atom is -0.456 e. The van der Waals surface area contributed by atoms with Crippen molar-refractivity contribution in [3.63, 3.8) is 0 Å². The molecular weight excluding hydrogens is 547 g/mol. The lowest BCUT2D eigenvalue weighted by Crippen LogP contribution is -1.99. The Bertz CT molecular complexity index is 2540. The van der Waals surface area contributed by atoms with Crippen LogP contribution in [0.15, 0.2) is 132 Å². The maximum absolute atomic E-state index is 16.5. The van der Waals surface area contributed by atoms with Gasteiger partial charge in [0.1, 0.15) is 22.8 Å². The van der Waals surface area contributed by atoms with E-state index in [-0.39, 0.29) is 0 Å². The molecule has 0 fully saturated rings. The van der Waals surface area contributed by atoms with Crippen molar-refractivity contribution in [2.45, 2.75) is 6.17 Å². The van der Waals surface area contributed by atoms with Crippen LogP contribution in [0.4, 0.5) is 4.39 Å². The Balaban J connectivity index is 1.24. The van der Waals surface area contributed by atoms with Crippen LogP contribution in [0.25, 0.3) is 72.0 Å². The number of rotatable bonds is 4. The Kier molecular flexibility index (Phi) is 5.29. The number of hydrogen-bond acceptors (Lipinski definition) is 3. The minimum atomic E-state index is -1.33. The van der Waals surface area contributed by atoms with E-state index >= 15 is 4.39 Å². The summed E-state index contributed by atoms with van der Waals surface area (Å²) in [6, 6.07) is 39.6. The summed E-state index contributed by atoms with van der Waals surface area (Å²) in [4.78, 5) is 9.52. The molecule has 0 bridgehead atoms. The maximum atomic E-state index is 16.5. The second kappa shape index (κ2) is 9.38. The molecule has 6 heteroatoms. The van der Waals surface area contributed by atoms with E-state index in [0.29, 0.717) is 11.1 Å². The van der Waals surface area contributed by atoms with E-state index in [1.807, 2.05) is 116 Å². The van der Waals surface area contributed by atoms with Crippen molar-refractivity contribution in [3.05, 3.63) is 139 Å². The summed E-state index contributed by atoms with van der Waals surface area (Å²) < 4.78 is 26.9. The van der Waals surface area contributed by atoms with Crippen LogP contribution in [0.3, 0.4) is 0 Å². The van der Waals surface area contributed by atoms with Crippen molar-refractivity contribution in [2.24, 2.45) is 7.05 Å². The zero-order valence-corrected chi connectivity index (χ0v) is 23.8. The lowest BCUT2D eigenvalue weighted by atomic mass is 9.98. The first-order valence-electron chi connectivity index (χ1n) is 14.6. The third kappa shape index (κ3) is 3.57. The van der Waals surface area contributed by atoms with Crippen LogP contribution in [-0.4, -0.2) is 19.1 Å². The summed E-state index contributed by atoms with van der Waals surface area (Å²) in [7, 11) is 1.99. The van der Waals surface area contributed by atoms with Gasteiger partial charge in [0.25, 0.3) is 0 Å². The molecular formula is C38H25FN4O. The van der Waals surface area contributed by atoms with E-state index in [9.17, 15) is 0 Å². The predicted octanol–water partition coefficient (Wildman–Crippen LogP) is 9.69. The SMILES string of the molecule is Cn1c(-c2cccc(C(F)c3ccc4c5c6c(ccc5n(-c5ccccn5)c4c3)oc3ccccc36)c2)nc2ccccc21. The lowest BCUT2D eigenvalue weighted by Gasteiger charge is -2.12. The molecule has 9 rings (SSSR count). The summed E-state index contributed by atoms with van der Waals surface area (Å²) in [5.41, 5.74) is 7.54. The monoisotopic (exact) mass is 572 g/mol. The second-order valence-electron chi connectivity index (χ2n) is 11.2. The largest absolute Gasteiger partial charge is 0.456 e. The standard InChI is InChI=1S/C38H25FN4O/c1-42-29-13-4-3-12-28(29)41-38(42)25-10-8-9-23(21-25)37(39)24-16-17-26-31(22-24)43(34-15-6-7-20-40-34)30-18-19-33-36(35(26)30)27-11-2-5-14-32(27)44-33/h2-22,37H,1H3. The minimum absolute atomic E-state index is 0.577. The van der Waals surface area contributed by atoms with Crippen LogP contribution in [0.2, 0.25) is 0 Å². The molecule has 0 radical (unpaired) electrons. The number of halogens is 1. The average Bonchev–Trinajstić information content (AvgIpc) is 3.73. The summed E-state index contributed by atoms with van der Waals surface area (Å²) in [6.07, 6.45) is 0.451. The first-order chi connectivity index (χ1) is 21.7. The highest BCUT2D eigenvalue weighted by Crippen LogP contribution is 2.42. The fourth-order valence-corrected chi connectivity index (χ4v) is 6.66.